The van der Waals surface area contributed by atoms with Crippen LogP contribution in [0.2, 0.25) is 0 Å². The summed E-state index contributed by atoms with van der Waals surface area (Å²) in [4.78, 5) is 10.8. The van der Waals surface area contributed by atoms with E-state index in [0.717, 1.165) is 25.7 Å². The molecule has 0 atom stereocenters. The van der Waals surface area contributed by atoms with Gasteiger partial charge in [0.25, 0.3) is 10.2 Å². The lowest BCUT2D eigenvalue weighted by atomic mass is 9.96. The van der Waals surface area contributed by atoms with E-state index < -0.39 is 16.2 Å². The fourth-order valence-electron chi connectivity index (χ4n) is 1.87. The van der Waals surface area contributed by atoms with Crippen LogP contribution in [-0.2, 0) is 19.7 Å². The molecule has 7 heteroatoms. The predicted molar refractivity (Wildman–Crippen MR) is 63.6 cm³/mol. The normalized spacial score (nSPS) is 17.9. The maximum atomic E-state index is 11.6. The average Bonchev–Trinajstić information content (AvgIpc) is 2.29. The summed E-state index contributed by atoms with van der Waals surface area (Å²) in [7, 11) is -2.22. The van der Waals surface area contributed by atoms with Gasteiger partial charge in [-0.05, 0) is 12.8 Å². The van der Waals surface area contributed by atoms with Gasteiger partial charge in [0, 0.05) is 12.6 Å². The smallest absolute Gasteiger partial charge is 0.306 e. The summed E-state index contributed by atoms with van der Waals surface area (Å²) < 4.78 is 32.5. The highest BCUT2D eigenvalue weighted by Crippen LogP contribution is 2.17. The van der Waals surface area contributed by atoms with Crippen molar-refractivity contribution in [3.05, 3.63) is 0 Å². The molecule has 0 saturated heterocycles. The fraction of sp³-hybridized carbons (Fsp3) is 0.900. The van der Waals surface area contributed by atoms with Crippen LogP contribution in [0, 0.1) is 0 Å². The van der Waals surface area contributed by atoms with Crippen molar-refractivity contribution in [3.63, 3.8) is 0 Å². The Morgan fingerprint density at radius 2 is 1.94 bits per heavy atom. The molecule has 0 aromatic heterocycles. The summed E-state index contributed by atoms with van der Waals surface area (Å²) in [5.41, 5.74) is 0. The summed E-state index contributed by atoms with van der Waals surface area (Å²) in [6.45, 7) is 0.0642. The molecule has 0 spiro atoms. The number of methoxy groups -OCH3 is 1. The first-order valence-electron chi connectivity index (χ1n) is 5.87. The molecule has 2 N–H and O–H groups in total. The number of hydrogen-bond donors (Lipinski definition) is 2. The number of hydrogen-bond acceptors (Lipinski definition) is 4. The topological polar surface area (TPSA) is 84.5 Å². The second-order valence-corrected chi connectivity index (χ2v) is 5.71. The van der Waals surface area contributed by atoms with Crippen LogP contribution in [0.15, 0.2) is 0 Å². The van der Waals surface area contributed by atoms with Gasteiger partial charge in [-0.15, -0.1) is 0 Å². The highest BCUT2D eigenvalue weighted by molar-refractivity contribution is 7.87. The lowest BCUT2D eigenvalue weighted by Crippen LogP contribution is -2.44. The number of esters is 1. The summed E-state index contributed by atoms with van der Waals surface area (Å²) in [5.74, 6) is -0.426. The number of ether oxygens (including phenoxy) is 1. The lowest BCUT2D eigenvalue weighted by molar-refractivity contribution is -0.140. The zero-order valence-corrected chi connectivity index (χ0v) is 10.9. The predicted octanol–water partition coefficient (Wildman–Crippen LogP) is 0.306. The summed E-state index contributed by atoms with van der Waals surface area (Å²) in [5, 5.41) is 0. The minimum Gasteiger partial charge on any atom is -0.469 e. The zero-order valence-electron chi connectivity index (χ0n) is 10.1. The first kappa shape index (κ1) is 14.4. The van der Waals surface area contributed by atoms with Crippen LogP contribution in [0.3, 0.4) is 0 Å². The van der Waals surface area contributed by atoms with Crippen LogP contribution in [0.1, 0.15) is 38.5 Å². The van der Waals surface area contributed by atoms with Crippen molar-refractivity contribution in [2.75, 3.05) is 13.7 Å². The lowest BCUT2D eigenvalue weighted by Gasteiger charge is -2.22. The minimum absolute atomic E-state index is 0.0272. The molecule has 1 rings (SSSR count). The van der Waals surface area contributed by atoms with E-state index in [2.05, 4.69) is 14.2 Å². The summed E-state index contributed by atoms with van der Waals surface area (Å²) in [6.07, 6.45) is 5.12. The largest absolute Gasteiger partial charge is 0.469 e. The quantitative estimate of drug-likeness (QED) is 0.676. The van der Waals surface area contributed by atoms with E-state index in [1.807, 2.05) is 0 Å². The van der Waals surface area contributed by atoms with Gasteiger partial charge in [0.2, 0.25) is 0 Å². The highest BCUT2D eigenvalue weighted by atomic mass is 32.2. The van der Waals surface area contributed by atoms with Gasteiger partial charge in [-0.1, -0.05) is 19.3 Å². The molecule has 1 aliphatic carbocycles. The van der Waals surface area contributed by atoms with E-state index in [-0.39, 0.29) is 19.0 Å². The van der Waals surface area contributed by atoms with Gasteiger partial charge < -0.3 is 4.74 Å². The summed E-state index contributed by atoms with van der Waals surface area (Å²) in [6, 6.07) is 0.0272. The van der Waals surface area contributed by atoms with Gasteiger partial charge in [0.1, 0.15) is 0 Å². The third-order valence-electron chi connectivity index (χ3n) is 2.78. The maximum Gasteiger partial charge on any atom is 0.306 e. The Morgan fingerprint density at radius 1 is 1.29 bits per heavy atom. The first-order valence-corrected chi connectivity index (χ1v) is 7.35. The molecule has 1 aliphatic rings. The first-order chi connectivity index (χ1) is 8.03. The molecular weight excluding hydrogens is 244 g/mol. The van der Waals surface area contributed by atoms with E-state index in [9.17, 15) is 13.2 Å². The van der Waals surface area contributed by atoms with Crippen molar-refractivity contribution in [2.45, 2.75) is 44.6 Å². The maximum absolute atomic E-state index is 11.6. The van der Waals surface area contributed by atoms with Crippen molar-refractivity contribution < 1.29 is 17.9 Å². The Bertz CT molecular complexity index is 336. The molecule has 0 aromatic rings. The highest BCUT2D eigenvalue weighted by Gasteiger charge is 2.19. The van der Waals surface area contributed by atoms with Crippen molar-refractivity contribution in [2.24, 2.45) is 0 Å². The summed E-state index contributed by atoms with van der Waals surface area (Å²) >= 11 is 0. The average molecular weight is 264 g/mol. The van der Waals surface area contributed by atoms with E-state index in [0.29, 0.717) is 0 Å². The van der Waals surface area contributed by atoms with Gasteiger partial charge >= 0.3 is 5.97 Å². The van der Waals surface area contributed by atoms with Crippen LogP contribution >= 0.6 is 0 Å². The monoisotopic (exact) mass is 264 g/mol. The van der Waals surface area contributed by atoms with Crippen molar-refractivity contribution in [1.29, 1.82) is 0 Å². The molecule has 0 bridgehead atoms. The van der Waals surface area contributed by atoms with Crippen LogP contribution in [-0.4, -0.2) is 34.1 Å². The third kappa shape index (κ3) is 5.99. The molecule has 0 aromatic carbocycles. The molecule has 0 amide bonds. The molecule has 100 valence electrons. The standard InChI is InChI=1S/C10H20N2O4S/c1-16-10(13)7-8-11-17(14,15)12-9-5-3-2-4-6-9/h9,11-12H,2-8H2,1H3. The van der Waals surface area contributed by atoms with E-state index >= 15 is 0 Å². The molecular formula is C10H20N2O4S. The molecule has 0 aliphatic heterocycles. The van der Waals surface area contributed by atoms with Gasteiger partial charge in [-0.25, -0.2) is 4.72 Å². The molecule has 0 radical (unpaired) electrons. The Balaban J connectivity index is 2.27. The Hall–Kier alpha value is -0.660. The second-order valence-electron chi connectivity index (χ2n) is 4.18. The minimum atomic E-state index is -3.49. The number of carbonyl (C=O) groups is 1. The molecule has 1 fully saturated rings. The molecule has 1 saturated carbocycles. The van der Waals surface area contributed by atoms with Crippen LogP contribution in [0.25, 0.3) is 0 Å². The zero-order chi connectivity index (χ0) is 12.7. The second kappa shape index (κ2) is 6.93. The molecule has 17 heavy (non-hydrogen) atoms. The van der Waals surface area contributed by atoms with Crippen LogP contribution in [0.4, 0.5) is 0 Å². The third-order valence-corrected chi connectivity index (χ3v) is 4.00. The molecule has 6 nitrogen and oxygen atoms in total. The number of rotatable bonds is 6. The van der Waals surface area contributed by atoms with Crippen LogP contribution in [0.5, 0.6) is 0 Å². The van der Waals surface area contributed by atoms with Crippen LogP contribution < -0.4 is 9.44 Å². The Kier molecular flexibility index (Phi) is 5.87. The number of nitrogens with one attached hydrogen (secondary N) is 2. The van der Waals surface area contributed by atoms with Gasteiger partial charge in [0.15, 0.2) is 0 Å². The molecule has 0 unspecified atom stereocenters. The van der Waals surface area contributed by atoms with E-state index in [4.69, 9.17) is 0 Å². The van der Waals surface area contributed by atoms with E-state index in [1.165, 1.54) is 13.5 Å². The molecule has 0 heterocycles. The van der Waals surface area contributed by atoms with Gasteiger partial charge in [-0.2, -0.15) is 13.1 Å². The van der Waals surface area contributed by atoms with Crippen molar-refractivity contribution in [3.8, 4) is 0 Å². The fourth-order valence-corrected chi connectivity index (χ4v) is 3.00. The van der Waals surface area contributed by atoms with Gasteiger partial charge in [-0.3, -0.25) is 4.79 Å². The van der Waals surface area contributed by atoms with Crippen molar-refractivity contribution in [1.82, 2.24) is 9.44 Å². The number of carbonyl (C=O) groups excluding carboxylic acids is 1. The Labute approximate surface area is 102 Å². The van der Waals surface area contributed by atoms with Crippen molar-refractivity contribution >= 4 is 16.2 Å². The Morgan fingerprint density at radius 3 is 2.53 bits per heavy atom. The van der Waals surface area contributed by atoms with Gasteiger partial charge in [0.05, 0.1) is 13.5 Å². The SMILES string of the molecule is COC(=O)CCNS(=O)(=O)NC1CCCCC1. The van der Waals surface area contributed by atoms with E-state index in [1.54, 1.807) is 0 Å².